The zero-order valence-corrected chi connectivity index (χ0v) is 32.4. The van der Waals surface area contributed by atoms with Crippen molar-refractivity contribution in [1.29, 1.82) is 5.26 Å². The third kappa shape index (κ3) is 7.58. The third-order valence-electron chi connectivity index (χ3n) is 12.4. The van der Waals surface area contributed by atoms with E-state index < -0.39 is 35.5 Å². The van der Waals surface area contributed by atoms with Crippen molar-refractivity contribution in [3.05, 3.63) is 76.2 Å². The second-order valence-corrected chi connectivity index (χ2v) is 16.0. The van der Waals surface area contributed by atoms with Crippen molar-refractivity contribution >= 4 is 41.0 Å². The van der Waals surface area contributed by atoms with Gasteiger partial charge in [-0.05, 0) is 106 Å². The number of hydrogen-bond acceptors (Lipinski definition) is 12. The number of aromatic nitrogens is 2. The maximum absolute atomic E-state index is 15.7. The first-order valence-electron chi connectivity index (χ1n) is 20.1. The number of rotatable bonds is 9. The van der Waals surface area contributed by atoms with Gasteiger partial charge in [0.05, 0.1) is 34.6 Å². The fourth-order valence-electron chi connectivity index (χ4n) is 9.16. The van der Waals surface area contributed by atoms with Gasteiger partial charge in [-0.25, -0.2) is 4.39 Å². The molecule has 0 bridgehead atoms. The lowest BCUT2D eigenvalue weighted by Crippen LogP contribution is -2.59. The Morgan fingerprint density at radius 2 is 1.55 bits per heavy atom. The third-order valence-corrected chi connectivity index (χ3v) is 12.4. The van der Waals surface area contributed by atoms with Gasteiger partial charge in [-0.3, -0.25) is 38.7 Å². The Labute approximate surface area is 335 Å². The summed E-state index contributed by atoms with van der Waals surface area (Å²) < 4.78 is 21.9. The molecule has 0 radical (unpaired) electrons. The maximum Gasteiger partial charge on any atom is 0.269 e. The number of likely N-dealkylation sites (tertiary alicyclic amines) is 1. The molecule has 0 spiro atoms. The molecule has 5 heterocycles. The molecule has 1 unspecified atom stereocenters. The average Bonchev–Trinajstić information content (AvgIpc) is 3.46. The number of ether oxygens (including phenoxy) is 1. The van der Waals surface area contributed by atoms with Crippen LogP contribution in [-0.4, -0.2) is 118 Å². The van der Waals surface area contributed by atoms with Crippen LogP contribution in [0, 0.1) is 30.0 Å². The molecule has 4 fully saturated rings. The molecule has 302 valence electrons. The Hall–Kier alpha value is -5.95. The van der Waals surface area contributed by atoms with E-state index in [1.807, 2.05) is 17.9 Å². The number of nitriles is 1. The summed E-state index contributed by atoms with van der Waals surface area (Å²) in [6.07, 6.45) is 4.06. The summed E-state index contributed by atoms with van der Waals surface area (Å²) in [5.74, 6) is -1.63. The summed E-state index contributed by atoms with van der Waals surface area (Å²) in [5.41, 5.74) is 7.06. The molecule has 5 amide bonds. The number of hydrogen-bond donors (Lipinski definition) is 1. The van der Waals surface area contributed by atoms with Gasteiger partial charge in [-0.2, -0.15) is 5.26 Å². The van der Waals surface area contributed by atoms with Gasteiger partial charge in [-0.1, -0.05) is 0 Å². The summed E-state index contributed by atoms with van der Waals surface area (Å²) in [5, 5.41) is 17.3. The second-order valence-electron chi connectivity index (χ2n) is 16.0. The van der Waals surface area contributed by atoms with Crippen LogP contribution in [-0.2, 0) is 9.59 Å². The number of piperazine rings is 1. The van der Waals surface area contributed by atoms with E-state index in [4.69, 9.17) is 10.5 Å². The monoisotopic (exact) mass is 791 g/mol. The van der Waals surface area contributed by atoms with E-state index in [0.717, 1.165) is 54.8 Å². The van der Waals surface area contributed by atoms with Crippen molar-refractivity contribution in [2.45, 2.75) is 76.5 Å². The number of benzene rings is 2. The second kappa shape index (κ2) is 16.1. The van der Waals surface area contributed by atoms with Gasteiger partial charge in [0.25, 0.3) is 23.6 Å². The summed E-state index contributed by atoms with van der Waals surface area (Å²) in [6, 6.07) is 11.8. The molecule has 3 saturated heterocycles. The fraction of sp³-hybridized carbons (Fsp3) is 0.476. The Bertz CT molecular complexity index is 2170. The van der Waals surface area contributed by atoms with E-state index in [9.17, 15) is 29.2 Å². The molecule has 15 nitrogen and oxygen atoms in total. The highest BCUT2D eigenvalue weighted by Gasteiger charge is 2.49. The summed E-state index contributed by atoms with van der Waals surface area (Å²) >= 11 is 0. The number of carbonyl (C=O) groups excluding carboxylic acids is 5. The van der Waals surface area contributed by atoms with Crippen LogP contribution in [0.25, 0.3) is 0 Å². The van der Waals surface area contributed by atoms with Gasteiger partial charge in [0.15, 0.2) is 11.5 Å². The van der Waals surface area contributed by atoms with Crippen LogP contribution in [0.2, 0.25) is 0 Å². The van der Waals surface area contributed by atoms with Gasteiger partial charge in [0.2, 0.25) is 5.91 Å². The maximum atomic E-state index is 15.7. The molecular formula is C42H46FN9O6. The van der Waals surface area contributed by atoms with Crippen LogP contribution >= 0.6 is 0 Å². The highest BCUT2D eigenvalue weighted by molar-refractivity contribution is 6.23. The average molecular weight is 792 g/mol. The van der Waals surface area contributed by atoms with Crippen LogP contribution in [0.1, 0.15) is 93.7 Å². The Morgan fingerprint density at radius 3 is 2.19 bits per heavy atom. The van der Waals surface area contributed by atoms with Crippen LogP contribution in [0.3, 0.4) is 0 Å². The fourth-order valence-corrected chi connectivity index (χ4v) is 9.16. The van der Waals surface area contributed by atoms with E-state index in [1.165, 1.54) is 11.0 Å². The van der Waals surface area contributed by atoms with E-state index in [-0.39, 0.29) is 53.4 Å². The number of piperidine rings is 2. The van der Waals surface area contributed by atoms with Crippen LogP contribution in [0.5, 0.6) is 5.75 Å². The highest BCUT2D eigenvalue weighted by Crippen LogP contribution is 2.36. The first-order chi connectivity index (χ1) is 28.0. The lowest BCUT2D eigenvalue weighted by Gasteiger charge is -2.41. The molecule has 3 aromatic rings. The quantitative estimate of drug-likeness (QED) is 0.312. The molecular weight excluding hydrogens is 746 g/mol. The van der Waals surface area contributed by atoms with E-state index in [2.05, 4.69) is 26.1 Å². The standard InChI is InChI=1S/C42H46FN9O6/c1-25-20-30(5-2-27(25)23-44)58-29-6-3-28(4-7-29)51-38(53)11-9-35(42(51)57)52-40(55)31-21-33(43)36(22-32(31)41(52)56)49-18-16-48(17-19-49)24-26-12-14-50(15-13-26)37-10-8-34(39(45)54)46-47-37/h2,5,8,10,20-22,26,28-29,35H,3-4,6-7,9,11-19,24H2,1H3,(H2,45,54). The van der Waals surface area contributed by atoms with Gasteiger partial charge in [0, 0.05) is 58.3 Å². The number of anilines is 2. The Balaban J connectivity index is 0.854. The molecule has 4 aliphatic heterocycles. The number of aryl methyl sites for hydroxylation is 1. The number of primary amides is 1. The van der Waals surface area contributed by atoms with Crippen LogP contribution in [0.4, 0.5) is 15.9 Å². The number of amides is 5. The van der Waals surface area contributed by atoms with Crippen molar-refractivity contribution < 1.29 is 33.1 Å². The first kappa shape index (κ1) is 38.9. The first-order valence-corrected chi connectivity index (χ1v) is 20.1. The van der Waals surface area contributed by atoms with Crippen molar-refractivity contribution in [2.24, 2.45) is 11.7 Å². The van der Waals surface area contributed by atoms with Gasteiger partial charge >= 0.3 is 0 Å². The molecule has 1 aliphatic carbocycles. The molecule has 16 heteroatoms. The smallest absolute Gasteiger partial charge is 0.269 e. The normalized spacial score (nSPS) is 23.3. The molecule has 8 rings (SSSR count). The number of nitrogens with zero attached hydrogens (tertiary/aromatic N) is 8. The van der Waals surface area contributed by atoms with Crippen LogP contribution in [0.15, 0.2) is 42.5 Å². The lowest BCUT2D eigenvalue weighted by atomic mass is 9.89. The van der Waals surface area contributed by atoms with E-state index in [0.29, 0.717) is 69.1 Å². The number of imide groups is 2. The Morgan fingerprint density at radius 1 is 0.845 bits per heavy atom. The summed E-state index contributed by atoms with van der Waals surface area (Å²) in [7, 11) is 0. The summed E-state index contributed by atoms with van der Waals surface area (Å²) in [4.78, 5) is 74.7. The van der Waals surface area contributed by atoms with Crippen LogP contribution < -0.4 is 20.3 Å². The van der Waals surface area contributed by atoms with Crippen molar-refractivity contribution in [3.63, 3.8) is 0 Å². The predicted molar refractivity (Wildman–Crippen MR) is 208 cm³/mol. The van der Waals surface area contributed by atoms with Crippen molar-refractivity contribution in [3.8, 4) is 11.8 Å². The number of halogens is 1. The molecule has 5 aliphatic rings. The SMILES string of the molecule is Cc1cc(OC2CCC(N3C(=O)CCC(N4C(=O)c5cc(F)c(N6CCN(CC7CCN(c8ccc(C(N)=O)nn8)CC7)CC6)cc5C4=O)C3=O)CC2)ccc1C#N. The number of fused-ring (bicyclic) bond motifs is 1. The largest absolute Gasteiger partial charge is 0.490 e. The van der Waals surface area contributed by atoms with Crippen molar-refractivity contribution in [1.82, 2.24) is 24.9 Å². The minimum Gasteiger partial charge on any atom is -0.490 e. The lowest BCUT2D eigenvalue weighted by molar-refractivity contribution is -0.155. The number of carbonyl (C=O) groups is 5. The molecule has 58 heavy (non-hydrogen) atoms. The molecule has 1 saturated carbocycles. The van der Waals surface area contributed by atoms with Gasteiger partial charge in [0.1, 0.15) is 17.6 Å². The van der Waals surface area contributed by atoms with Crippen molar-refractivity contribution in [2.75, 3.05) is 55.6 Å². The zero-order chi connectivity index (χ0) is 40.7. The number of nitrogens with two attached hydrogens (primary N) is 1. The molecule has 2 N–H and O–H groups in total. The van der Waals surface area contributed by atoms with E-state index >= 15 is 4.39 Å². The minimum atomic E-state index is -1.15. The summed E-state index contributed by atoms with van der Waals surface area (Å²) in [6.45, 7) is 6.89. The van der Waals surface area contributed by atoms with E-state index in [1.54, 1.807) is 24.3 Å². The molecule has 2 aromatic carbocycles. The van der Waals surface area contributed by atoms with Gasteiger partial charge < -0.3 is 20.3 Å². The predicted octanol–water partition coefficient (Wildman–Crippen LogP) is 3.44. The molecule has 1 atom stereocenters. The minimum absolute atomic E-state index is 0.00858. The topological polar surface area (TPSA) is 186 Å². The Kier molecular flexibility index (Phi) is 10.8. The molecule has 1 aromatic heterocycles. The highest BCUT2D eigenvalue weighted by atomic mass is 19.1. The zero-order valence-electron chi connectivity index (χ0n) is 32.4. The van der Waals surface area contributed by atoms with Gasteiger partial charge in [-0.15, -0.1) is 10.2 Å².